The number of alkyl halides is 6. The maximum absolute atomic E-state index is 13.0. The minimum absolute atomic E-state index is 0.0314. The van der Waals surface area contributed by atoms with Gasteiger partial charge in [0, 0.05) is 75.3 Å². The van der Waals surface area contributed by atoms with Crippen molar-refractivity contribution in [2.24, 2.45) is 5.92 Å². The number of benzene rings is 1. The summed E-state index contributed by atoms with van der Waals surface area (Å²) in [7, 11) is 0. The van der Waals surface area contributed by atoms with Gasteiger partial charge in [-0.2, -0.15) is 26.3 Å². The molecule has 1 atom stereocenters. The zero-order valence-corrected chi connectivity index (χ0v) is 21.0. The van der Waals surface area contributed by atoms with E-state index in [2.05, 4.69) is 15.2 Å². The molecule has 0 spiro atoms. The topological polar surface area (TPSA) is 51.7 Å². The lowest BCUT2D eigenvalue weighted by molar-refractivity contribution is -0.141. The molecule has 2 aliphatic rings. The number of rotatable bonds is 6. The van der Waals surface area contributed by atoms with Crippen LogP contribution in [-0.4, -0.2) is 72.5 Å². The molecule has 2 fully saturated rings. The second kappa shape index (κ2) is 11.4. The quantitative estimate of drug-likeness (QED) is 0.521. The molecular formula is C26H31F6N5O. The summed E-state index contributed by atoms with van der Waals surface area (Å²) in [6, 6.07) is 7.65. The van der Waals surface area contributed by atoms with Crippen molar-refractivity contribution in [1.29, 1.82) is 0 Å². The fourth-order valence-electron chi connectivity index (χ4n) is 4.98. The Balaban J connectivity index is 1.20. The highest BCUT2D eigenvalue weighted by atomic mass is 19.4. The van der Waals surface area contributed by atoms with E-state index in [0.29, 0.717) is 64.3 Å². The van der Waals surface area contributed by atoms with Crippen molar-refractivity contribution < 1.29 is 31.1 Å². The first-order valence-corrected chi connectivity index (χ1v) is 12.6. The van der Waals surface area contributed by atoms with E-state index in [-0.39, 0.29) is 17.9 Å². The van der Waals surface area contributed by atoms with Gasteiger partial charge in [0.05, 0.1) is 5.56 Å². The van der Waals surface area contributed by atoms with Crippen molar-refractivity contribution in [2.75, 3.05) is 56.0 Å². The molecule has 208 valence electrons. The first kappa shape index (κ1) is 28.0. The molecule has 0 bridgehead atoms. The van der Waals surface area contributed by atoms with Gasteiger partial charge in [0.2, 0.25) is 5.91 Å². The number of piperazine rings is 1. The molecule has 0 saturated carbocycles. The van der Waals surface area contributed by atoms with Crippen LogP contribution in [-0.2, 0) is 17.1 Å². The molecule has 3 heterocycles. The maximum atomic E-state index is 13.0. The predicted molar refractivity (Wildman–Crippen MR) is 132 cm³/mol. The van der Waals surface area contributed by atoms with E-state index < -0.39 is 23.6 Å². The van der Waals surface area contributed by atoms with Crippen molar-refractivity contribution in [3.8, 4) is 0 Å². The zero-order chi connectivity index (χ0) is 27.5. The summed E-state index contributed by atoms with van der Waals surface area (Å²) in [6.45, 7) is 6.27. The molecule has 4 rings (SSSR count). The molecule has 2 saturated heterocycles. The Morgan fingerprint density at radius 3 is 2.16 bits per heavy atom. The average molecular weight is 544 g/mol. The normalized spacial score (nSPS) is 18.9. The fourth-order valence-corrected chi connectivity index (χ4v) is 4.98. The van der Waals surface area contributed by atoms with Crippen LogP contribution in [0.1, 0.15) is 31.0 Å². The van der Waals surface area contributed by atoms with Crippen LogP contribution in [0.4, 0.5) is 37.7 Å². The number of amides is 1. The number of nitrogens with zero attached hydrogens (tertiary/aromatic N) is 4. The van der Waals surface area contributed by atoms with Gasteiger partial charge in [-0.3, -0.25) is 14.7 Å². The fraction of sp³-hybridized carbons (Fsp3) is 0.538. The number of anilines is 2. The van der Waals surface area contributed by atoms with Crippen LogP contribution in [0.15, 0.2) is 42.6 Å². The van der Waals surface area contributed by atoms with Gasteiger partial charge < -0.3 is 15.1 Å². The van der Waals surface area contributed by atoms with Gasteiger partial charge in [-0.1, -0.05) is 6.92 Å². The summed E-state index contributed by atoms with van der Waals surface area (Å²) in [6.07, 6.45) is -6.46. The Kier molecular flexibility index (Phi) is 8.39. The van der Waals surface area contributed by atoms with Gasteiger partial charge in [-0.25, -0.2) is 0 Å². The third-order valence-corrected chi connectivity index (χ3v) is 7.11. The number of pyridine rings is 1. The second-order valence-corrected chi connectivity index (χ2v) is 9.90. The minimum atomic E-state index is -4.50. The number of nitrogens with one attached hydrogen (secondary N) is 1. The number of aromatic nitrogens is 1. The Hall–Kier alpha value is -3.02. The Morgan fingerprint density at radius 2 is 1.58 bits per heavy atom. The number of hydrogen-bond acceptors (Lipinski definition) is 5. The molecule has 1 aromatic heterocycles. The number of halogens is 6. The highest BCUT2D eigenvalue weighted by Gasteiger charge is 2.33. The first-order chi connectivity index (χ1) is 17.9. The summed E-state index contributed by atoms with van der Waals surface area (Å²) in [5.74, 6) is -0.163. The molecule has 38 heavy (non-hydrogen) atoms. The van der Waals surface area contributed by atoms with Crippen LogP contribution in [0, 0.1) is 5.92 Å². The van der Waals surface area contributed by atoms with Crippen molar-refractivity contribution >= 4 is 17.3 Å². The monoisotopic (exact) mass is 543 g/mol. The zero-order valence-electron chi connectivity index (χ0n) is 21.0. The molecule has 2 aromatic rings. The molecule has 0 aliphatic carbocycles. The van der Waals surface area contributed by atoms with E-state index >= 15 is 0 Å². The third-order valence-electron chi connectivity index (χ3n) is 7.11. The van der Waals surface area contributed by atoms with Gasteiger partial charge >= 0.3 is 12.4 Å². The van der Waals surface area contributed by atoms with E-state index in [9.17, 15) is 31.1 Å². The van der Waals surface area contributed by atoms with Gasteiger partial charge in [0.1, 0.15) is 5.69 Å². The summed E-state index contributed by atoms with van der Waals surface area (Å²) >= 11 is 0. The van der Waals surface area contributed by atoms with Gasteiger partial charge in [-0.05, 0) is 49.2 Å². The molecule has 6 nitrogen and oxygen atoms in total. The molecule has 2 aliphatic heterocycles. The highest BCUT2D eigenvalue weighted by molar-refractivity contribution is 5.78. The smallest absolute Gasteiger partial charge is 0.382 e. The lowest BCUT2D eigenvalue weighted by atomic mass is 10.0. The van der Waals surface area contributed by atoms with Crippen molar-refractivity contribution in [2.45, 2.75) is 38.2 Å². The summed E-state index contributed by atoms with van der Waals surface area (Å²) in [5, 5.41) is 3.13. The third kappa shape index (κ3) is 7.09. The van der Waals surface area contributed by atoms with Gasteiger partial charge in [0.15, 0.2) is 0 Å². The van der Waals surface area contributed by atoms with E-state index in [1.165, 1.54) is 18.2 Å². The van der Waals surface area contributed by atoms with E-state index in [1.54, 1.807) is 0 Å². The van der Waals surface area contributed by atoms with E-state index in [1.807, 2.05) is 16.7 Å². The maximum Gasteiger partial charge on any atom is 0.433 e. The van der Waals surface area contributed by atoms with E-state index in [0.717, 1.165) is 30.1 Å². The van der Waals surface area contributed by atoms with Crippen LogP contribution in [0.3, 0.4) is 0 Å². The van der Waals surface area contributed by atoms with Crippen LogP contribution in [0.5, 0.6) is 0 Å². The van der Waals surface area contributed by atoms with Gasteiger partial charge in [-0.15, -0.1) is 0 Å². The van der Waals surface area contributed by atoms with Crippen LogP contribution >= 0.6 is 0 Å². The Morgan fingerprint density at radius 1 is 0.947 bits per heavy atom. The standard InChI is InChI=1S/C26H31F6N5O/c1-18(17-35-12-14-36(15-13-35)22-4-2-19(3-5-22)25(27,28)29)24(38)37-10-7-20(8-11-37)34-21-6-9-33-23(16-21)26(30,31)32/h2-6,9,16,18,20H,7-8,10-15,17H2,1H3,(H,33,34). The molecule has 1 N–H and O–H groups in total. The molecule has 1 aromatic carbocycles. The van der Waals surface area contributed by atoms with Crippen LogP contribution in [0.25, 0.3) is 0 Å². The number of carbonyl (C=O) groups excluding carboxylic acids is 1. The van der Waals surface area contributed by atoms with Crippen molar-refractivity contribution in [3.63, 3.8) is 0 Å². The number of hydrogen-bond donors (Lipinski definition) is 1. The predicted octanol–water partition coefficient (Wildman–Crippen LogP) is 4.98. The molecule has 1 unspecified atom stereocenters. The van der Waals surface area contributed by atoms with Crippen LogP contribution in [0.2, 0.25) is 0 Å². The first-order valence-electron chi connectivity index (χ1n) is 12.6. The van der Waals surface area contributed by atoms with Gasteiger partial charge in [0.25, 0.3) is 0 Å². The molecule has 1 amide bonds. The van der Waals surface area contributed by atoms with Crippen LogP contribution < -0.4 is 10.2 Å². The summed E-state index contributed by atoms with van der Waals surface area (Å²) in [5.41, 5.74) is -0.496. The lowest BCUT2D eigenvalue weighted by Gasteiger charge is -2.38. The number of piperidine rings is 1. The number of carbonyl (C=O) groups is 1. The number of likely N-dealkylation sites (tertiary alicyclic amines) is 1. The average Bonchev–Trinajstić information content (AvgIpc) is 2.88. The summed E-state index contributed by atoms with van der Waals surface area (Å²) < 4.78 is 77.1. The van der Waals surface area contributed by atoms with Crippen molar-refractivity contribution in [1.82, 2.24) is 14.8 Å². The largest absolute Gasteiger partial charge is 0.433 e. The minimum Gasteiger partial charge on any atom is -0.382 e. The van der Waals surface area contributed by atoms with Crippen molar-refractivity contribution in [3.05, 3.63) is 53.9 Å². The summed E-state index contributed by atoms with van der Waals surface area (Å²) in [4.78, 5) is 22.5. The lowest BCUT2D eigenvalue weighted by Crippen LogP contribution is -2.50. The second-order valence-electron chi connectivity index (χ2n) is 9.90. The molecular weight excluding hydrogens is 512 g/mol. The SMILES string of the molecule is CC(CN1CCN(c2ccc(C(F)(F)F)cc2)CC1)C(=O)N1CCC(Nc2ccnc(C(F)(F)F)c2)CC1. The molecule has 12 heteroatoms. The van der Waals surface area contributed by atoms with E-state index in [4.69, 9.17) is 0 Å². The Bertz CT molecular complexity index is 1070. The Labute approximate surface area is 217 Å². The molecule has 0 radical (unpaired) electrons. The highest BCUT2D eigenvalue weighted by Crippen LogP contribution is 2.31.